The summed E-state index contributed by atoms with van der Waals surface area (Å²) in [6.07, 6.45) is 3.47. The summed E-state index contributed by atoms with van der Waals surface area (Å²) in [4.78, 5) is 13.1. The number of amides is 1. The van der Waals surface area contributed by atoms with Gasteiger partial charge in [-0.1, -0.05) is 36.4 Å². The Kier molecular flexibility index (Phi) is 4.22. The third-order valence-electron chi connectivity index (χ3n) is 4.85. The minimum Gasteiger partial charge on any atom is -0.350 e. The standard InChI is InChI=1S/C22H17N5OS/c1-14-6-2-4-8-17(14)24-20-18(10-11-27-13-23-26-21(20)27)25-22(28)16-12-29-19-9-5-3-7-15(16)19/h2-13,24H,1H3,(H,25,28). The van der Waals surface area contributed by atoms with E-state index in [1.54, 1.807) is 17.7 Å². The van der Waals surface area contributed by atoms with Crippen molar-refractivity contribution in [1.82, 2.24) is 14.6 Å². The highest BCUT2D eigenvalue weighted by molar-refractivity contribution is 7.17. The highest BCUT2D eigenvalue weighted by Crippen LogP contribution is 2.32. The molecule has 7 heteroatoms. The van der Waals surface area contributed by atoms with E-state index in [0.29, 0.717) is 22.6 Å². The first-order valence-corrected chi connectivity index (χ1v) is 10.0. The summed E-state index contributed by atoms with van der Waals surface area (Å²) >= 11 is 1.56. The van der Waals surface area contributed by atoms with Gasteiger partial charge in [0.15, 0.2) is 5.65 Å². The number of aromatic nitrogens is 3. The van der Waals surface area contributed by atoms with Crippen molar-refractivity contribution in [2.24, 2.45) is 0 Å². The van der Waals surface area contributed by atoms with Crippen LogP contribution in [0.25, 0.3) is 15.7 Å². The smallest absolute Gasteiger partial charge is 0.257 e. The minimum atomic E-state index is -0.154. The fraction of sp³-hybridized carbons (Fsp3) is 0.0455. The van der Waals surface area contributed by atoms with E-state index in [0.717, 1.165) is 21.3 Å². The number of hydrogen-bond donors (Lipinski definition) is 2. The number of fused-ring (bicyclic) bond motifs is 2. The van der Waals surface area contributed by atoms with Crippen LogP contribution in [0.15, 0.2) is 72.5 Å². The molecule has 2 N–H and O–H groups in total. The lowest BCUT2D eigenvalue weighted by atomic mass is 10.1. The lowest BCUT2D eigenvalue weighted by Crippen LogP contribution is -2.13. The molecule has 0 radical (unpaired) electrons. The monoisotopic (exact) mass is 399 g/mol. The molecule has 6 nitrogen and oxygen atoms in total. The van der Waals surface area contributed by atoms with Crippen molar-refractivity contribution < 1.29 is 4.79 Å². The molecule has 0 spiro atoms. The van der Waals surface area contributed by atoms with E-state index in [4.69, 9.17) is 0 Å². The molecule has 142 valence electrons. The van der Waals surface area contributed by atoms with Gasteiger partial charge in [-0.2, -0.15) is 0 Å². The molecule has 3 heterocycles. The first-order valence-electron chi connectivity index (χ1n) is 9.13. The van der Waals surface area contributed by atoms with Crippen LogP contribution < -0.4 is 10.6 Å². The van der Waals surface area contributed by atoms with Crippen molar-refractivity contribution >= 4 is 50.0 Å². The van der Waals surface area contributed by atoms with Crippen molar-refractivity contribution in [2.75, 3.05) is 10.6 Å². The van der Waals surface area contributed by atoms with Crippen molar-refractivity contribution in [3.8, 4) is 0 Å². The van der Waals surface area contributed by atoms with Gasteiger partial charge in [-0.25, -0.2) is 0 Å². The van der Waals surface area contributed by atoms with Crippen LogP contribution in [0.3, 0.4) is 0 Å². The molecule has 0 bridgehead atoms. The van der Waals surface area contributed by atoms with Gasteiger partial charge in [-0.15, -0.1) is 21.5 Å². The molecule has 0 aliphatic rings. The summed E-state index contributed by atoms with van der Waals surface area (Å²) in [6, 6.07) is 17.7. The van der Waals surface area contributed by atoms with Crippen LogP contribution >= 0.6 is 11.3 Å². The van der Waals surface area contributed by atoms with Gasteiger partial charge in [0, 0.05) is 27.4 Å². The molecule has 2 aromatic carbocycles. The number of hydrogen-bond acceptors (Lipinski definition) is 5. The number of nitrogens with one attached hydrogen (secondary N) is 2. The molecular formula is C22H17N5OS. The van der Waals surface area contributed by atoms with Crippen molar-refractivity contribution in [3.05, 3.63) is 83.6 Å². The Labute approximate surface area is 170 Å². The molecule has 0 saturated carbocycles. The van der Waals surface area contributed by atoms with E-state index < -0.39 is 0 Å². The number of aryl methyl sites for hydroxylation is 1. The highest BCUT2D eigenvalue weighted by atomic mass is 32.1. The molecule has 5 rings (SSSR count). The predicted octanol–water partition coefficient (Wildman–Crippen LogP) is 5.25. The Morgan fingerprint density at radius 2 is 1.86 bits per heavy atom. The van der Waals surface area contributed by atoms with Crippen molar-refractivity contribution in [1.29, 1.82) is 0 Å². The number of nitrogens with zero attached hydrogens (tertiary/aromatic N) is 3. The number of para-hydroxylation sites is 1. The molecule has 0 aliphatic heterocycles. The second-order valence-electron chi connectivity index (χ2n) is 6.71. The number of benzene rings is 2. The summed E-state index contributed by atoms with van der Waals surface area (Å²) in [5.74, 6) is -0.154. The number of thiophene rings is 1. The largest absolute Gasteiger partial charge is 0.350 e. The Hall–Kier alpha value is -3.71. The van der Waals surface area contributed by atoms with Gasteiger partial charge >= 0.3 is 0 Å². The van der Waals surface area contributed by atoms with Gasteiger partial charge in [0.25, 0.3) is 5.91 Å². The summed E-state index contributed by atoms with van der Waals surface area (Å²) in [5.41, 5.74) is 4.69. The van der Waals surface area contributed by atoms with E-state index in [-0.39, 0.29) is 5.91 Å². The van der Waals surface area contributed by atoms with Gasteiger partial charge in [0.05, 0.1) is 11.3 Å². The molecule has 0 aliphatic carbocycles. The second kappa shape index (κ2) is 7.03. The number of rotatable bonds is 4. The van der Waals surface area contributed by atoms with Crippen LogP contribution in [0.1, 0.15) is 15.9 Å². The molecule has 0 atom stereocenters. The lowest BCUT2D eigenvalue weighted by molar-refractivity contribution is 0.102. The molecular weight excluding hydrogens is 382 g/mol. The number of anilines is 3. The maximum atomic E-state index is 13.1. The van der Waals surface area contributed by atoms with Crippen molar-refractivity contribution in [2.45, 2.75) is 6.92 Å². The molecule has 0 fully saturated rings. The summed E-state index contributed by atoms with van der Waals surface area (Å²) in [6.45, 7) is 2.03. The predicted molar refractivity (Wildman–Crippen MR) is 117 cm³/mol. The Bertz CT molecular complexity index is 1350. The Morgan fingerprint density at radius 1 is 1.03 bits per heavy atom. The van der Waals surface area contributed by atoms with Gasteiger partial charge < -0.3 is 10.6 Å². The van der Waals surface area contributed by atoms with Crippen LogP contribution in [-0.2, 0) is 0 Å². The van der Waals surface area contributed by atoms with Crippen LogP contribution in [0.2, 0.25) is 0 Å². The second-order valence-corrected chi connectivity index (χ2v) is 7.62. The SMILES string of the molecule is Cc1ccccc1Nc1c(NC(=O)c2csc3ccccc23)ccn2cnnc12. The number of pyridine rings is 1. The average molecular weight is 399 g/mol. The van der Waals surface area contributed by atoms with E-state index >= 15 is 0 Å². The van der Waals surface area contributed by atoms with E-state index in [1.807, 2.05) is 77.5 Å². The number of carbonyl (C=O) groups excluding carboxylic acids is 1. The van der Waals surface area contributed by atoms with Gasteiger partial charge in [0.2, 0.25) is 0 Å². The summed E-state index contributed by atoms with van der Waals surface area (Å²) < 4.78 is 2.90. The van der Waals surface area contributed by atoms with Gasteiger partial charge in [0.1, 0.15) is 12.0 Å². The maximum absolute atomic E-state index is 13.1. The van der Waals surface area contributed by atoms with Crippen LogP contribution in [0.5, 0.6) is 0 Å². The molecule has 3 aromatic heterocycles. The third kappa shape index (κ3) is 3.11. The lowest BCUT2D eigenvalue weighted by Gasteiger charge is -2.15. The fourth-order valence-electron chi connectivity index (χ4n) is 3.31. The average Bonchev–Trinajstić information content (AvgIpc) is 3.38. The van der Waals surface area contributed by atoms with Gasteiger partial charge in [-0.3, -0.25) is 9.20 Å². The molecule has 0 saturated heterocycles. The first kappa shape index (κ1) is 17.4. The normalized spacial score (nSPS) is 11.1. The zero-order valence-electron chi connectivity index (χ0n) is 15.6. The van der Waals surface area contributed by atoms with E-state index in [2.05, 4.69) is 20.8 Å². The first-order chi connectivity index (χ1) is 14.2. The van der Waals surface area contributed by atoms with E-state index in [9.17, 15) is 4.79 Å². The van der Waals surface area contributed by atoms with Crippen molar-refractivity contribution in [3.63, 3.8) is 0 Å². The zero-order chi connectivity index (χ0) is 19.8. The fourth-order valence-corrected chi connectivity index (χ4v) is 4.25. The summed E-state index contributed by atoms with van der Waals surface area (Å²) in [7, 11) is 0. The molecule has 1 amide bonds. The van der Waals surface area contributed by atoms with E-state index in [1.165, 1.54) is 0 Å². The van der Waals surface area contributed by atoms with Crippen LogP contribution in [0, 0.1) is 6.92 Å². The molecule has 0 unspecified atom stereocenters. The highest BCUT2D eigenvalue weighted by Gasteiger charge is 2.17. The van der Waals surface area contributed by atoms with Gasteiger partial charge in [-0.05, 0) is 30.7 Å². The third-order valence-corrected chi connectivity index (χ3v) is 5.81. The van der Waals surface area contributed by atoms with Crippen LogP contribution in [0.4, 0.5) is 17.1 Å². The quantitative estimate of drug-likeness (QED) is 0.433. The van der Waals surface area contributed by atoms with Crippen LogP contribution in [-0.4, -0.2) is 20.5 Å². The molecule has 29 heavy (non-hydrogen) atoms. The maximum Gasteiger partial charge on any atom is 0.257 e. The topological polar surface area (TPSA) is 71.3 Å². The minimum absolute atomic E-state index is 0.154. The molecule has 5 aromatic rings. The summed E-state index contributed by atoms with van der Waals surface area (Å²) in [5, 5.41) is 17.5. The zero-order valence-corrected chi connectivity index (χ0v) is 16.4. The Morgan fingerprint density at radius 3 is 2.76 bits per heavy atom. The Balaban J connectivity index is 1.56. The number of carbonyl (C=O) groups is 1.